The van der Waals surface area contributed by atoms with E-state index in [1.807, 2.05) is 0 Å². The Bertz CT molecular complexity index is 308. The van der Waals surface area contributed by atoms with Crippen LogP contribution in [-0.2, 0) is 0 Å². The molecule has 0 saturated carbocycles. The van der Waals surface area contributed by atoms with Crippen molar-refractivity contribution in [3.8, 4) is 0 Å². The Morgan fingerprint density at radius 2 is 2.00 bits per heavy atom. The molecule has 0 atom stereocenters. The van der Waals surface area contributed by atoms with Crippen LogP contribution in [0.15, 0.2) is 12.3 Å². The van der Waals surface area contributed by atoms with E-state index in [0.717, 1.165) is 5.69 Å². The van der Waals surface area contributed by atoms with E-state index in [2.05, 4.69) is 47.7 Å². The van der Waals surface area contributed by atoms with Crippen LogP contribution in [0.25, 0.3) is 0 Å². The molecule has 3 heteroatoms. The maximum Gasteiger partial charge on any atom is 0.0593 e. The summed E-state index contributed by atoms with van der Waals surface area (Å²) < 4.78 is 2.15. The van der Waals surface area contributed by atoms with Gasteiger partial charge in [0.2, 0.25) is 0 Å². The monoisotopic (exact) mass is 207 g/mol. The van der Waals surface area contributed by atoms with Gasteiger partial charge in [0.05, 0.1) is 11.7 Å². The van der Waals surface area contributed by atoms with Crippen molar-refractivity contribution in [1.29, 1.82) is 0 Å². The molecule has 0 radical (unpaired) electrons. The molecule has 1 saturated heterocycles. The smallest absolute Gasteiger partial charge is 0.0593 e. The molecule has 0 N–H and O–H groups in total. The van der Waals surface area contributed by atoms with Crippen LogP contribution in [0, 0.1) is 6.92 Å². The molecular formula is C12H21N3. The van der Waals surface area contributed by atoms with Gasteiger partial charge in [0, 0.05) is 25.3 Å². The molecule has 0 spiro atoms. The molecule has 2 heterocycles. The summed E-state index contributed by atoms with van der Waals surface area (Å²) in [7, 11) is 0. The second-order valence-electron chi connectivity index (χ2n) is 4.80. The van der Waals surface area contributed by atoms with Crippen LogP contribution in [0.1, 0.15) is 38.4 Å². The molecule has 0 unspecified atom stereocenters. The lowest BCUT2D eigenvalue weighted by Crippen LogP contribution is -2.39. The molecule has 1 aliphatic rings. The Balaban J connectivity index is 1.93. The maximum absolute atomic E-state index is 4.50. The Hall–Kier alpha value is -0.830. The molecule has 3 nitrogen and oxygen atoms in total. The van der Waals surface area contributed by atoms with Gasteiger partial charge in [-0.2, -0.15) is 5.10 Å². The molecule has 0 aromatic carbocycles. The summed E-state index contributed by atoms with van der Waals surface area (Å²) in [5, 5.41) is 4.50. The predicted octanol–water partition coefficient (Wildman–Crippen LogP) is 2.24. The molecule has 1 fully saturated rings. The van der Waals surface area contributed by atoms with E-state index < -0.39 is 0 Å². The summed E-state index contributed by atoms with van der Waals surface area (Å²) >= 11 is 0. The lowest BCUT2D eigenvalue weighted by molar-refractivity contribution is 0.147. The number of piperidine rings is 1. The number of hydrogen-bond acceptors (Lipinski definition) is 2. The van der Waals surface area contributed by atoms with Crippen molar-refractivity contribution in [2.75, 3.05) is 13.1 Å². The van der Waals surface area contributed by atoms with Gasteiger partial charge in [-0.3, -0.25) is 4.68 Å². The normalized spacial score (nSPS) is 20.0. The first-order chi connectivity index (χ1) is 7.16. The molecular weight excluding hydrogens is 186 g/mol. The van der Waals surface area contributed by atoms with Gasteiger partial charge >= 0.3 is 0 Å². The summed E-state index contributed by atoms with van der Waals surface area (Å²) in [5.41, 5.74) is 1.13. The average molecular weight is 207 g/mol. The van der Waals surface area contributed by atoms with Crippen molar-refractivity contribution in [1.82, 2.24) is 14.7 Å². The highest BCUT2D eigenvalue weighted by molar-refractivity contribution is 4.96. The molecule has 1 aromatic heterocycles. The van der Waals surface area contributed by atoms with E-state index >= 15 is 0 Å². The first-order valence-corrected chi connectivity index (χ1v) is 5.92. The lowest BCUT2D eigenvalue weighted by atomic mass is 10.0. The number of nitrogens with zero attached hydrogens (tertiary/aromatic N) is 3. The van der Waals surface area contributed by atoms with E-state index in [4.69, 9.17) is 0 Å². The third-order valence-electron chi connectivity index (χ3n) is 3.35. The number of likely N-dealkylation sites (tertiary alicyclic amines) is 1. The number of aryl methyl sites for hydroxylation is 1. The van der Waals surface area contributed by atoms with E-state index in [-0.39, 0.29) is 0 Å². The summed E-state index contributed by atoms with van der Waals surface area (Å²) in [6.45, 7) is 9.03. The van der Waals surface area contributed by atoms with Gasteiger partial charge in [-0.15, -0.1) is 0 Å². The fraction of sp³-hybridized carbons (Fsp3) is 0.750. The zero-order valence-electron chi connectivity index (χ0n) is 9.98. The molecule has 2 rings (SSSR count). The summed E-state index contributed by atoms with van der Waals surface area (Å²) in [5.74, 6) is 0. The van der Waals surface area contributed by atoms with Crippen LogP contribution in [0.2, 0.25) is 0 Å². The highest BCUT2D eigenvalue weighted by atomic mass is 15.3. The van der Waals surface area contributed by atoms with Crippen molar-refractivity contribution in [3.05, 3.63) is 18.0 Å². The average Bonchev–Trinajstić information content (AvgIpc) is 2.65. The van der Waals surface area contributed by atoms with Crippen molar-refractivity contribution in [3.63, 3.8) is 0 Å². The van der Waals surface area contributed by atoms with Crippen molar-refractivity contribution in [2.24, 2.45) is 0 Å². The largest absolute Gasteiger partial charge is 0.301 e. The number of rotatable bonds is 2. The van der Waals surface area contributed by atoms with Crippen molar-refractivity contribution >= 4 is 0 Å². The fourth-order valence-electron chi connectivity index (χ4n) is 2.30. The minimum Gasteiger partial charge on any atom is -0.301 e. The number of aromatic nitrogens is 2. The molecule has 1 aromatic rings. The maximum atomic E-state index is 4.50. The highest BCUT2D eigenvalue weighted by Gasteiger charge is 2.22. The Kier molecular flexibility index (Phi) is 3.10. The van der Waals surface area contributed by atoms with Crippen LogP contribution in [0.5, 0.6) is 0 Å². The second kappa shape index (κ2) is 4.35. The second-order valence-corrected chi connectivity index (χ2v) is 4.80. The molecule has 0 amide bonds. The Morgan fingerprint density at radius 1 is 1.33 bits per heavy atom. The van der Waals surface area contributed by atoms with Crippen molar-refractivity contribution in [2.45, 2.75) is 45.7 Å². The minimum absolute atomic E-state index is 0.619. The molecule has 84 valence electrons. The zero-order valence-corrected chi connectivity index (χ0v) is 9.98. The summed E-state index contributed by atoms with van der Waals surface area (Å²) in [4.78, 5) is 2.55. The van der Waals surface area contributed by atoms with E-state index in [1.165, 1.54) is 25.9 Å². The van der Waals surface area contributed by atoms with Crippen LogP contribution >= 0.6 is 0 Å². The quantitative estimate of drug-likeness (QED) is 0.741. The number of hydrogen-bond donors (Lipinski definition) is 0. The van der Waals surface area contributed by atoms with Crippen molar-refractivity contribution < 1.29 is 0 Å². The topological polar surface area (TPSA) is 21.1 Å². The van der Waals surface area contributed by atoms with Crippen LogP contribution < -0.4 is 0 Å². The van der Waals surface area contributed by atoms with Crippen LogP contribution in [-0.4, -0.2) is 33.8 Å². The third-order valence-corrected chi connectivity index (χ3v) is 3.35. The Labute approximate surface area is 92.1 Å². The third kappa shape index (κ3) is 2.40. The van der Waals surface area contributed by atoms with Gasteiger partial charge < -0.3 is 4.90 Å². The summed E-state index contributed by atoms with van der Waals surface area (Å²) in [6.07, 6.45) is 4.59. The van der Waals surface area contributed by atoms with E-state index in [0.29, 0.717) is 12.1 Å². The minimum atomic E-state index is 0.619. The van der Waals surface area contributed by atoms with Gasteiger partial charge in [-0.1, -0.05) is 0 Å². The van der Waals surface area contributed by atoms with E-state index in [1.54, 1.807) is 0 Å². The standard InChI is InChI=1S/C12H21N3/c1-10(2)14-7-5-12(6-8-14)15-9-4-11(3)13-15/h4,9-10,12H,5-8H2,1-3H3. The first-order valence-electron chi connectivity index (χ1n) is 5.92. The molecule has 0 aliphatic carbocycles. The van der Waals surface area contributed by atoms with Gasteiger partial charge in [0.1, 0.15) is 0 Å². The van der Waals surface area contributed by atoms with Gasteiger partial charge in [0.15, 0.2) is 0 Å². The van der Waals surface area contributed by atoms with Gasteiger partial charge in [0.25, 0.3) is 0 Å². The van der Waals surface area contributed by atoms with Crippen LogP contribution in [0.4, 0.5) is 0 Å². The van der Waals surface area contributed by atoms with E-state index in [9.17, 15) is 0 Å². The fourth-order valence-corrected chi connectivity index (χ4v) is 2.30. The SMILES string of the molecule is Cc1ccn(C2CCN(C(C)C)CC2)n1. The molecule has 1 aliphatic heterocycles. The zero-order chi connectivity index (χ0) is 10.8. The Morgan fingerprint density at radius 3 is 2.47 bits per heavy atom. The van der Waals surface area contributed by atoms with Gasteiger partial charge in [-0.05, 0) is 39.7 Å². The molecule has 0 bridgehead atoms. The first kappa shape index (κ1) is 10.7. The highest BCUT2D eigenvalue weighted by Crippen LogP contribution is 2.22. The lowest BCUT2D eigenvalue weighted by Gasteiger charge is -2.34. The van der Waals surface area contributed by atoms with Gasteiger partial charge in [-0.25, -0.2) is 0 Å². The predicted molar refractivity (Wildman–Crippen MR) is 61.9 cm³/mol. The summed E-state index contributed by atoms with van der Waals surface area (Å²) in [6, 6.07) is 3.40. The molecule has 15 heavy (non-hydrogen) atoms. The van der Waals surface area contributed by atoms with Crippen LogP contribution in [0.3, 0.4) is 0 Å².